The van der Waals surface area contributed by atoms with Gasteiger partial charge in [-0.1, -0.05) is 0 Å². The van der Waals surface area contributed by atoms with Crippen LogP contribution in [0.3, 0.4) is 0 Å². The minimum Gasteiger partial charge on any atom is -0.481 e. The number of nitrogens with zero attached hydrogens (tertiary/aromatic N) is 1. The average molecular weight is 257 g/mol. The third kappa shape index (κ3) is 5.86. The van der Waals surface area contributed by atoms with Crippen LogP contribution in [0.1, 0.15) is 23.5 Å². The molecule has 2 amide bonds. The second kappa shape index (κ2) is 6.85. The predicted octanol–water partition coefficient (Wildman–Crippen LogP) is 1.12. The first-order chi connectivity index (χ1) is 8.08. The number of nitrogens with one attached hydrogen (secondary N) is 2. The summed E-state index contributed by atoms with van der Waals surface area (Å²) in [6.45, 7) is 2.64. The minimum atomic E-state index is -0.856. The monoisotopic (exact) mass is 257 g/mol. The minimum absolute atomic E-state index is 0.0615. The molecule has 1 aromatic heterocycles. The number of hydrogen-bond acceptors (Lipinski definition) is 4. The van der Waals surface area contributed by atoms with Gasteiger partial charge in [-0.2, -0.15) is 0 Å². The van der Waals surface area contributed by atoms with Crippen LogP contribution in [-0.2, 0) is 11.3 Å². The highest BCUT2D eigenvalue weighted by Crippen LogP contribution is 2.07. The first kappa shape index (κ1) is 13.4. The molecule has 7 heteroatoms. The van der Waals surface area contributed by atoms with E-state index in [1.165, 1.54) is 11.3 Å². The number of carboxylic acids is 1. The molecule has 0 atom stereocenters. The van der Waals surface area contributed by atoms with Crippen LogP contribution < -0.4 is 10.6 Å². The van der Waals surface area contributed by atoms with Crippen LogP contribution in [0.2, 0.25) is 0 Å². The smallest absolute Gasteiger partial charge is 0.315 e. The molecule has 0 aliphatic heterocycles. The molecule has 3 N–H and O–H groups in total. The highest BCUT2D eigenvalue weighted by Gasteiger charge is 2.03. The Bertz CT molecular complexity index is 392. The lowest BCUT2D eigenvalue weighted by Gasteiger charge is -2.05. The number of hydrogen-bond donors (Lipinski definition) is 3. The van der Waals surface area contributed by atoms with Crippen molar-refractivity contribution in [1.29, 1.82) is 0 Å². The molecule has 0 spiro atoms. The van der Waals surface area contributed by atoms with Gasteiger partial charge in [-0.05, 0) is 13.3 Å². The quantitative estimate of drug-likeness (QED) is 0.666. The van der Waals surface area contributed by atoms with Crippen molar-refractivity contribution in [3.63, 3.8) is 0 Å². The molecule has 0 aliphatic rings. The molecule has 0 unspecified atom stereocenters. The normalized spacial score (nSPS) is 9.94. The summed E-state index contributed by atoms with van der Waals surface area (Å²) >= 11 is 1.49. The first-order valence-electron chi connectivity index (χ1n) is 5.22. The van der Waals surface area contributed by atoms with Gasteiger partial charge in [0, 0.05) is 24.0 Å². The number of aryl methyl sites for hydroxylation is 1. The molecule has 94 valence electrons. The zero-order valence-electron chi connectivity index (χ0n) is 9.52. The molecule has 0 radical (unpaired) electrons. The van der Waals surface area contributed by atoms with Gasteiger partial charge in [-0.15, -0.1) is 11.3 Å². The Morgan fingerprint density at radius 3 is 2.82 bits per heavy atom. The Kier molecular flexibility index (Phi) is 5.41. The molecule has 0 bridgehead atoms. The Balaban J connectivity index is 2.11. The third-order valence-electron chi connectivity index (χ3n) is 1.92. The van der Waals surface area contributed by atoms with Gasteiger partial charge in [0.1, 0.15) is 5.01 Å². The molecule has 17 heavy (non-hydrogen) atoms. The first-order valence-corrected chi connectivity index (χ1v) is 6.10. The molecule has 6 nitrogen and oxygen atoms in total. The van der Waals surface area contributed by atoms with E-state index < -0.39 is 5.97 Å². The van der Waals surface area contributed by atoms with Crippen LogP contribution in [0.5, 0.6) is 0 Å². The Morgan fingerprint density at radius 2 is 2.24 bits per heavy atom. The largest absolute Gasteiger partial charge is 0.481 e. The number of rotatable bonds is 6. The van der Waals surface area contributed by atoms with E-state index in [0.29, 0.717) is 19.5 Å². The fourth-order valence-electron chi connectivity index (χ4n) is 1.14. The summed E-state index contributed by atoms with van der Waals surface area (Å²) in [6.07, 6.45) is 0.491. The van der Waals surface area contributed by atoms with E-state index >= 15 is 0 Å². The molecule has 1 heterocycles. The molecule has 0 saturated carbocycles. The van der Waals surface area contributed by atoms with E-state index in [9.17, 15) is 9.59 Å². The maximum Gasteiger partial charge on any atom is 0.315 e. The van der Waals surface area contributed by atoms with Crippen molar-refractivity contribution in [3.05, 3.63) is 16.1 Å². The molecule has 0 aliphatic carbocycles. The van der Waals surface area contributed by atoms with Gasteiger partial charge in [0.05, 0.1) is 6.54 Å². The van der Waals surface area contributed by atoms with Crippen LogP contribution in [0, 0.1) is 6.92 Å². The standard InChI is InChI=1S/C10H15N3O3S/c1-7-6-17-8(13-7)5-12-10(16)11-4-2-3-9(14)15/h6H,2-5H2,1H3,(H,14,15)(H2,11,12,16). The van der Waals surface area contributed by atoms with Crippen molar-refractivity contribution in [3.8, 4) is 0 Å². The van der Waals surface area contributed by atoms with Crippen LogP contribution in [-0.4, -0.2) is 28.6 Å². The zero-order chi connectivity index (χ0) is 12.7. The van der Waals surface area contributed by atoms with Crippen molar-refractivity contribution in [2.45, 2.75) is 26.3 Å². The van der Waals surface area contributed by atoms with Gasteiger partial charge < -0.3 is 15.7 Å². The van der Waals surface area contributed by atoms with E-state index in [4.69, 9.17) is 5.11 Å². The van der Waals surface area contributed by atoms with Crippen LogP contribution in [0.25, 0.3) is 0 Å². The predicted molar refractivity (Wildman–Crippen MR) is 64.0 cm³/mol. The summed E-state index contributed by atoms with van der Waals surface area (Å²) in [5, 5.41) is 16.4. The molecule has 1 aromatic rings. The van der Waals surface area contributed by atoms with Gasteiger partial charge >= 0.3 is 12.0 Å². The lowest BCUT2D eigenvalue weighted by Crippen LogP contribution is -2.35. The number of carbonyl (C=O) groups is 2. The zero-order valence-corrected chi connectivity index (χ0v) is 10.3. The lowest BCUT2D eigenvalue weighted by molar-refractivity contribution is -0.137. The molecule has 1 rings (SSSR count). The molecular weight excluding hydrogens is 242 g/mol. The van der Waals surface area contributed by atoms with E-state index in [0.717, 1.165) is 10.7 Å². The third-order valence-corrected chi connectivity index (χ3v) is 2.89. The fraction of sp³-hybridized carbons (Fsp3) is 0.500. The van der Waals surface area contributed by atoms with Gasteiger partial charge in [0.2, 0.25) is 0 Å². The van der Waals surface area contributed by atoms with Crippen molar-refractivity contribution >= 4 is 23.3 Å². The van der Waals surface area contributed by atoms with Crippen LogP contribution in [0.15, 0.2) is 5.38 Å². The van der Waals surface area contributed by atoms with Crippen LogP contribution >= 0.6 is 11.3 Å². The Hall–Kier alpha value is -1.63. The number of thiazole rings is 1. The second-order valence-corrected chi connectivity index (χ2v) is 4.43. The Morgan fingerprint density at radius 1 is 1.47 bits per heavy atom. The summed E-state index contributed by atoms with van der Waals surface area (Å²) < 4.78 is 0. The highest BCUT2D eigenvalue weighted by molar-refractivity contribution is 7.09. The number of aliphatic carboxylic acids is 1. The number of urea groups is 1. The maximum absolute atomic E-state index is 11.3. The number of carbonyl (C=O) groups excluding carboxylic acids is 1. The van der Waals surface area contributed by atoms with Gasteiger partial charge in [0.25, 0.3) is 0 Å². The average Bonchev–Trinajstić information content (AvgIpc) is 2.67. The second-order valence-electron chi connectivity index (χ2n) is 3.49. The fourth-order valence-corrected chi connectivity index (χ4v) is 1.86. The van der Waals surface area contributed by atoms with Gasteiger partial charge in [-0.3, -0.25) is 4.79 Å². The highest BCUT2D eigenvalue weighted by atomic mass is 32.1. The lowest BCUT2D eigenvalue weighted by atomic mass is 10.3. The topological polar surface area (TPSA) is 91.3 Å². The van der Waals surface area contributed by atoms with E-state index in [2.05, 4.69) is 15.6 Å². The summed E-state index contributed by atoms with van der Waals surface area (Å²) in [4.78, 5) is 25.7. The summed E-state index contributed by atoms with van der Waals surface area (Å²) in [7, 11) is 0. The van der Waals surface area contributed by atoms with Crippen molar-refractivity contribution in [1.82, 2.24) is 15.6 Å². The molecular formula is C10H15N3O3S. The van der Waals surface area contributed by atoms with Crippen molar-refractivity contribution in [2.24, 2.45) is 0 Å². The summed E-state index contributed by atoms with van der Waals surface area (Å²) in [5.74, 6) is -0.856. The van der Waals surface area contributed by atoms with Gasteiger partial charge in [0.15, 0.2) is 0 Å². The van der Waals surface area contributed by atoms with E-state index in [-0.39, 0.29) is 12.5 Å². The van der Waals surface area contributed by atoms with E-state index in [1.807, 2.05) is 12.3 Å². The van der Waals surface area contributed by atoms with Crippen LogP contribution in [0.4, 0.5) is 4.79 Å². The van der Waals surface area contributed by atoms with Crippen molar-refractivity contribution in [2.75, 3.05) is 6.54 Å². The maximum atomic E-state index is 11.3. The molecule has 0 aromatic carbocycles. The van der Waals surface area contributed by atoms with Crippen molar-refractivity contribution < 1.29 is 14.7 Å². The summed E-state index contributed by atoms with van der Waals surface area (Å²) in [5.41, 5.74) is 0.939. The molecule has 0 saturated heterocycles. The Labute approximate surface area is 103 Å². The number of amides is 2. The summed E-state index contributed by atoms with van der Waals surface area (Å²) in [6, 6.07) is -0.303. The van der Waals surface area contributed by atoms with Gasteiger partial charge in [-0.25, -0.2) is 9.78 Å². The number of carboxylic acid groups (broad SMARTS) is 1. The SMILES string of the molecule is Cc1csc(CNC(=O)NCCCC(=O)O)n1. The van der Waals surface area contributed by atoms with E-state index in [1.54, 1.807) is 0 Å². The number of aromatic nitrogens is 1. The molecule has 0 fully saturated rings.